The molecule has 0 amide bonds. The minimum atomic E-state index is -1.03. The number of hydrogen-bond acceptors (Lipinski definition) is 4. The van der Waals surface area contributed by atoms with E-state index in [1.807, 2.05) is 6.07 Å². The summed E-state index contributed by atoms with van der Waals surface area (Å²) in [5.74, 6) is -0.719. The molecular formula is C10H10N2O3. The number of carboxylic acid groups (broad SMARTS) is 1. The van der Waals surface area contributed by atoms with Crippen LogP contribution < -0.4 is 0 Å². The highest BCUT2D eigenvalue weighted by atomic mass is 16.5. The summed E-state index contributed by atoms with van der Waals surface area (Å²) in [6.07, 6.45) is 0. The van der Waals surface area contributed by atoms with Gasteiger partial charge in [-0.3, -0.25) is 5.21 Å². The van der Waals surface area contributed by atoms with Gasteiger partial charge in [-0.25, -0.2) is 14.9 Å². The highest BCUT2D eigenvalue weighted by molar-refractivity contribution is 6.01. The zero-order valence-electron chi connectivity index (χ0n) is 7.87. The molecule has 15 heavy (non-hydrogen) atoms. The summed E-state index contributed by atoms with van der Waals surface area (Å²) in [4.78, 5) is 14.6. The number of carbonyl (C=O) groups is 1. The molecule has 1 atom stereocenters. The Kier molecular flexibility index (Phi) is 2.39. The second-order valence-corrected chi connectivity index (χ2v) is 3.25. The molecule has 1 heterocycles. The van der Waals surface area contributed by atoms with E-state index in [1.54, 1.807) is 24.3 Å². The third-order valence-electron chi connectivity index (χ3n) is 2.19. The number of amidine groups is 1. The molecule has 0 saturated carbocycles. The van der Waals surface area contributed by atoms with E-state index in [9.17, 15) is 10.0 Å². The van der Waals surface area contributed by atoms with Crippen LogP contribution >= 0.6 is 0 Å². The number of benzene rings is 1. The topological polar surface area (TPSA) is 73.1 Å². The van der Waals surface area contributed by atoms with E-state index < -0.39 is 12.0 Å². The van der Waals surface area contributed by atoms with Crippen molar-refractivity contribution in [2.24, 2.45) is 4.99 Å². The average molecular weight is 206 g/mol. The van der Waals surface area contributed by atoms with Crippen LogP contribution in [-0.2, 0) is 4.79 Å². The van der Waals surface area contributed by atoms with Crippen molar-refractivity contribution in [2.45, 2.75) is 6.04 Å². The Labute approximate surface area is 86.2 Å². The highest BCUT2D eigenvalue weighted by Gasteiger charge is 2.29. The molecule has 1 aromatic carbocycles. The molecule has 1 aliphatic heterocycles. The maximum Gasteiger partial charge on any atom is 0.330 e. The third kappa shape index (κ3) is 1.82. The Morgan fingerprint density at radius 1 is 1.40 bits per heavy atom. The van der Waals surface area contributed by atoms with Crippen LogP contribution in [0.25, 0.3) is 0 Å². The molecule has 0 aromatic heterocycles. The van der Waals surface area contributed by atoms with E-state index >= 15 is 0 Å². The SMILES string of the molecule is O=C(O)C1CN(O)C(c2ccccc2)=N1. The Morgan fingerprint density at radius 3 is 2.60 bits per heavy atom. The van der Waals surface area contributed by atoms with E-state index in [0.29, 0.717) is 11.4 Å². The fourth-order valence-corrected chi connectivity index (χ4v) is 1.45. The van der Waals surface area contributed by atoms with Crippen molar-refractivity contribution < 1.29 is 15.1 Å². The van der Waals surface area contributed by atoms with Crippen LogP contribution in [0.2, 0.25) is 0 Å². The summed E-state index contributed by atoms with van der Waals surface area (Å²) in [6, 6.07) is 8.11. The maximum absolute atomic E-state index is 10.7. The first kappa shape index (κ1) is 9.67. The van der Waals surface area contributed by atoms with Gasteiger partial charge in [0.2, 0.25) is 0 Å². The second kappa shape index (κ2) is 3.70. The first-order chi connectivity index (χ1) is 7.18. The van der Waals surface area contributed by atoms with Crippen LogP contribution in [0.1, 0.15) is 5.56 Å². The summed E-state index contributed by atoms with van der Waals surface area (Å²) in [5.41, 5.74) is 0.712. The van der Waals surface area contributed by atoms with Crippen molar-refractivity contribution in [2.75, 3.05) is 6.54 Å². The fraction of sp³-hybridized carbons (Fsp3) is 0.200. The first-order valence-corrected chi connectivity index (χ1v) is 4.51. The Balaban J connectivity index is 2.30. The van der Waals surface area contributed by atoms with Gasteiger partial charge >= 0.3 is 5.97 Å². The number of aliphatic imine (C=N–C) groups is 1. The molecular weight excluding hydrogens is 196 g/mol. The lowest BCUT2D eigenvalue weighted by Crippen LogP contribution is -2.28. The molecule has 0 saturated heterocycles. The molecule has 78 valence electrons. The van der Waals surface area contributed by atoms with Crippen LogP contribution in [0, 0.1) is 0 Å². The van der Waals surface area contributed by atoms with Crippen molar-refractivity contribution >= 4 is 11.8 Å². The van der Waals surface area contributed by atoms with E-state index in [4.69, 9.17) is 5.11 Å². The van der Waals surface area contributed by atoms with E-state index in [2.05, 4.69) is 4.99 Å². The summed E-state index contributed by atoms with van der Waals surface area (Å²) < 4.78 is 0. The van der Waals surface area contributed by atoms with E-state index in [0.717, 1.165) is 5.06 Å². The smallest absolute Gasteiger partial charge is 0.330 e. The van der Waals surface area contributed by atoms with Gasteiger partial charge in [0.15, 0.2) is 11.9 Å². The van der Waals surface area contributed by atoms with Gasteiger partial charge in [-0.15, -0.1) is 0 Å². The molecule has 0 bridgehead atoms. The Bertz CT molecular complexity index is 402. The van der Waals surface area contributed by atoms with Crippen molar-refractivity contribution in [3.05, 3.63) is 35.9 Å². The summed E-state index contributed by atoms with van der Waals surface area (Å²) in [7, 11) is 0. The van der Waals surface area contributed by atoms with Crippen molar-refractivity contribution in [3.63, 3.8) is 0 Å². The highest BCUT2D eigenvalue weighted by Crippen LogP contribution is 2.13. The number of hydroxylamine groups is 2. The number of rotatable bonds is 2. The van der Waals surface area contributed by atoms with Gasteiger partial charge in [0.25, 0.3) is 0 Å². The van der Waals surface area contributed by atoms with E-state index in [1.165, 1.54) is 0 Å². The van der Waals surface area contributed by atoms with E-state index in [-0.39, 0.29) is 6.54 Å². The summed E-state index contributed by atoms with van der Waals surface area (Å²) in [5, 5.41) is 19.1. The summed E-state index contributed by atoms with van der Waals surface area (Å²) in [6.45, 7) is -0.000436. The minimum Gasteiger partial charge on any atom is -0.480 e. The van der Waals surface area contributed by atoms with Crippen molar-refractivity contribution in [1.29, 1.82) is 0 Å². The molecule has 1 unspecified atom stereocenters. The van der Waals surface area contributed by atoms with Gasteiger partial charge in [-0.1, -0.05) is 30.3 Å². The lowest BCUT2D eigenvalue weighted by atomic mass is 10.2. The van der Waals surface area contributed by atoms with Crippen LogP contribution in [0.15, 0.2) is 35.3 Å². The second-order valence-electron chi connectivity index (χ2n) is 3.25. The molecule has 2 N–H and O–H groups in total. The lowest BCUT2D eigenvalue weighted by molar-refractivity contribution is -0.139. The molecule has 2 rings (SSSR count). The number of hydrogen-bond donors (Lipinski definition) is 2. The van der Waals surface area contributed by atoms with Gasteiger partial charge in [0.1, 0.15) is 0 Å². The molecule has 0 fully saturated rings. The maximum atomic E-state index is 10.7. The molecule has 5 nitrogen and oxygen atoms in total. The van der Waals surface area contributed by atoms with Crippen molar-refractivity contribution in [1.82, 2.24) is 5.06 Å². The third-order valence-corrected chi connectivity index (χ3v) is 2.19. The van der Waals surface area contributed by atoms with Crippen LogP contribution in [0.5, 0.6) is 0 Å². The van der Waals surface area contributed by atoms with Gasteiger partial charge < -0.3 is 5.11 Å². The van der Waals surface area contributed by atoms with Crippen LogP contribution in [-0.4, -0.2) is 39.8 Å². The van der Waals surface area contributed by atoms with Gasteiger partial charge in [0.05, 0.1) is 6.54 Å². The lowest BCUT2D eigenvalue weighted by Gasteiger charge is -2.11. The zero-order chi connectivity index (χ0) is 10.8. The number of aliphatic carboxylic acids is 1. The minimum absolute atomic E-state index is 0.000436. The fourth-order valence-electron chi connectivity index (χ4n) is 1.45. The quantitative estimate of drug-likeness (QED) is 0.742. The first-order valence-electron chi connectivity index (χ1n) is 4.51. The molecule has 5 heteroatoms. The standard InChI is InChI=1S/C10H10N2O3/c13-10(14)8-6-12(15)9(11-8)7-4-2-1-3-5-7/h1-5,8,15H,6H2,(H,13,14). The van der Waals surface area contributed by atoms with Gasteiger partial charge in [-0.2, -0.15) is 0 Å². The molecule has 1 aromatic rings. The Morgan fingerprint density at radius 2 is 2.07 bits per heavy atom. The molecule has 0 spiro atoms. The number of carboxylic acids is 1. The number of nitrogens with zero attached hydrogens (tertiary/aromatic N) is 2. The largest absolute Gasteiger partial charge is 0.480 e. The predicted molar refractivity (Wildman–Crippen MR) is 52.9 cm³/mol. The summed E-state index contributed by atoms with van der Waals surface area (Å²) >= 11 is 0. The zero-order valence-corrected chi connectivity index (χ0v) is 7.87. The van der Waals surface area contributed by atoms with Gasteiger partial charge in [0, 0.05) is 5.56 Å². The Hall–Kier alpha value is -1.88. The average Bonchev–Trinajstić information content (AvgIpc) is 2.62. The monoisotopic (exact) mass is 206 g/mol. The molecule has 0 aliphatic carbocycles. The van der Waals surface area contributed by atoms with Crippen LogP contribution in [0.4, 0.5) is 0 Å². The normalized spacial score (nSPS) is 20.2. The predicted octanol–water partition coefficient (Wildman–Crippen LogP) is 0.591. The van der Waals surface area contributed by atoms with Crippen molar-refractivity contribution in [3.8, 4) is 0 Å². The van der Waals surface area contributed by atoms with Crippen LogP contribution in [0.3, 0.4) is 0 Å². The van der Waals surface area contributed by atoms with Gasteiger partial charge in [-0.05, 0) is 0 Å². The molecule has 1 aliphatic rings. The molecule has 0 radical (unpaired) electrons.